The Morgan fingerprint density at radius 2 is 2.04 bits per heavy atom. The monoisotopic (exact) mass is 347 g/mol. The Kier molecular flexibility index (Phi) is 5.13. The molecule has 0 aromatic carbocycles. The highest BCUT2D eigenvalue weighted by Gasteiger charge is 2.18. The summed E-state index contributed by atoms with van der Waals surface area (Å²) < 4.78 is 15.9. The minimum Gasteiger partial charge on any atom is -0.467 e. The van der Waals surface area contributed by atoms with Crippen LogP contribution in [0.2, 0.25) is 0 Å². The van der Waals surface area contributed by atoms with E-state index in [0.29, 0.717) is 55.2 Å². The van der Waals surface area contributed by atoms with Gasteiger partial charge >= 0.3 is 6.01 Å². The third kappa shape index (κ3) is 4.05. The average Bonchev–Trinajstić information content (AvgIpc) is 2.98. The fourth-order valence-electron chi connectivity index (χ4n) is 2.57. The third-order valence-electron chi connectivity index (χ3n) is 3.82. The van der Waals surface area contributed by atoms with Crippen LogP contribution >= 0.6 is 0 Å². The van der Waals surface area contributed by atoms with Crippen LogP contribution in [0.25, 0.3) is 0 Å². The van der Waals surface area contributed by atoms with Gasteiger partial charge in [-0.25, -0.2) is 0 Å². The van der Waals surface area contributed by atoms with Crippen LogP contribution in [0.1, 0.15) is 27.7 Å². The van der Waals surface area contributed by atoms with Gasteiger partial charge < -0.3 is 24.1 Å². The van der Waals surface area contributed by atoms with Gasteiger partial charge in [0, 0.05) is 13.1 Å². The van der Waals surface area contributed by atoms with Gasteiger partial charge in [0.05, 0.1) is 32.4 Å². The highest BCUT2D eigenvalue weighted by molar-refractivity contribution is 5.95. The zero-order valence-corrected chi connectivity index (χ0v) is 14.5. The first kappa shape index (κ1) is 17.2. The van der Waals surface area contributed by atoms with Crippen LogP contribution in [0.15, 0.2) is 10.5 Å². The molecule has 0 saturated carbocycles. The molecule has 3 rings (SSSR count). The summed E-state index contributed by atoms with van der Waals surface area (Å²) in [5.74, 6) is 1.99. The number of morpholine rings is 1. The predicted molar refractivity (Wildman–Crippen MR) is 88.8 cm³/mol. The topological polar surface area (TPSA) is 103 Å². The molecule has 0 unspecified atom stereocenters. The van der Waals surface area contributed by atoms with Crippen LogP contribution in [0, 0.1) is 13.8 Å². The fourth-order valence-corrected chi connectivity index (χ4v) is 2.57. The van der Waals surface area contributed by atoms with E-state index in [0.717, 1.165) is 0 Å². The van der Waals surface area contributed by atoms with Crippen molar-refractivity contribution >= 4 is 11.9 Å². The summed E-state index contributed by atoms with van der Waals surface area (Å²) in [6.07, 6.45) is 0. The number of carbonyl (C=O) groups is 1. The first-order valence-corrected chi connectivity index (χ1v) is 8.03. The molecule has 0 radical (unpaired) electrons. The quantitative estimate of drug-likeness (QED) is 0.849. The first-order valence-electron chi connectivity index (χ1n) is 8.03. The van der Waals surface area contributed by atoms with Gasteiger partial charge in [-0.15, -0.1) is 0 Å². The Morgan fingerprint density at radius 3 is 2.68 bits per heavy atom. The fraction of sp³-hybridized carbons (Fsp3) is 0.500. The second kappa shape index (κ2) is 7.47. The number of ether oxygens (including phenoxy) is 2. The highest BCUT2D eigenvalue weighted by Crippen LogP contribution is 2.15. The van der Waals surface area contributed by atoms with Crippen LogP contribution in [-0.4, -0.2) is 54.3 Å². The molecule has 1 amide bonds. The van der Waals surface area contributed by atoms with Gasteiger partial charge in [-0.2, -0.15) is 15.0 Å². The van der Waals surface area contributed by atoms with Gasteiger partial charge in [0.1, 0.15) is 11.5 Å². The third-order valence-corrected chi connectivity index (χ3v) is 3.82. The van der Waals surface area contributed by atoms with Crippen LogP contribution in [0.4, 0.5) is 5.95 Å². The lowest BCUT2D eigenvalue weighted by Gasteiger charge is -2.26. The number of furan rings is 1. The van der Waals surface area contributed by atoms with Crippen molar-refractivity contribution in [2.24, 2.45) is 0 Å². The van der Waals surface area contributed by atoms with Gasteiger partial charge in [0.2, 0.25) is 5.95 Å². The lowest BCUT2D eigenvalue weighted by atomic mass is 10.2. The van der Waals surface area contributed by atoms with E-state index in [1.165, 1.54) is 7.11 Å². The number of aryl methyl sites for hydroxylation is 2. The van der Waals surface area contributed by atoms with Crippen molar-refractivity contribution in [1.29, 1.82) is 0 Å². The summed E-state index contributed by atoms with van der Waals surface area (Å²) in [6.45, 7) is 6.37. The molecule has 1 saturated heterocycles. The normalized spacial score (nSPS) is 14.4. The smallest absolute Gasteiger partial charge is 0.321 e. The average molecular weight is 347 g/mol. The molecule has 3 heterocycles. The highest BCUT2D eigenvalue weighted by atomic mass is 16.5. The van der Waals surface area contributed by atoms with Crippen LogP contribution in [0.5, 0.6) is 6.01 Å². The number of carbonyl (C=O) groups excluding carboxylic acids is 1. The summed E-state index contributed by atoms with van der Waals surface area (Å²) in [5.41, 5.74) is 0.506. The Morgan fingerprint density at radius 1 is 1.28 bits per heavy atom. The number of amides is 1. The Labute approximate surface area is 145 Å². The number of methoxy groups -OCH3 is 1. The van der Waals surface area contributed by atoms with Crippen molar-refractivity contribution in [3.05, 3.63) is 29.0 Å². The van der Waals surface area contributed by atoms with Crippen LogP contribution in [0.3, 0.4) is 0 Å². The Hall–Kier alpha value is -2.68. The summed E-state index contributed by atoms with van der Waals surface area (Å²) in [6, 6.07) is 1.92. The maximum atomic E-state index is 12.3. The minimum absolute atomic E-state index is 0.165. The van der Waals surface area contributed by atoms with Gasteiger partial charge in [-0.05, 0) is 19.9 Å². The number of nitrogens with one attached hydrogen (secondary N) is 1. The predicted octanol–water partition coefficient (Wildman–Crippen LogP) is 0.857. The molecule has 0 bridgehead atoms. The van der Waals surface area contributed by atoms with Crippen LogP contribution < -0.4 is 15.0 Å². The number of hydrogen-bond acceptors (Lipinski definition) is 8. The molecule has 9 heteroatoms. The van der Waals surface area contributed by atoms with E-state index in [2.05, 4.69) is 20.3 Å². The molecule has 9 nitrogen and oxygen atoms in total. The molecule has 1 N–H and O–H groups in total. The lowest BCUT2D eigenvalue weighted by Crippen LogP contribution is -2.37. The van der Waals surface area contributed by atoms with Gasteiger partial charge in [0.25, 0.3) is 5.91 Å². The van der Waals surface area contributed by atoms with Crippen molar-refractivity contribution < 1.29 is 18.7 Å². The van der Waals surface area contributed by atoms with E-state index in [4.69, 9.17) is 13.9 Å². The maximum Gasteiger partial charge on any atom is 0.321 e. The van der Waals surface area contributed by atoms with Gasteiger partial charge in [-0.3, -0.25) is 4.79 Å². The van der Waals surface area contributed by atoms with E-state index in [1.54, 1.807) is 19.9 Å². The molecular weight excluding hydrogens is 326 g/mol. The lowest BCUT2D eigenvalue weighted by molar-refractivity contribution is 0.0948. The van der Waals surface area contributed by atoms with Crippen LogP contribution in [-0.2, 0) is 11.3 Å². The SMILES string of the molecule is COc1nc(CNC(=O)c2cc(C)oc2C)nc(N2CCOCC2)n1. The largest absolute Gasteiger partial charge is 0.467 e. The molecule has 134 valence electrons. The van der Waals surface area contributed by atoms with Crippen molar-refractivity contribution in [2.75, 3.05) is 38.3 Å². The van der Waals surface area contributed by atoms with E-state index < -0.39 is 0 Å². The number of hydrogen-bond donors (Lipinski definition) is 1. The van der Waals surface area contributed by atoms with E-state index in [9.17, 15) is 4.79 Å². The molecule has 1 fully saturated rings. The van der Waals surface area contributed by atoms with Crippen molar-refractivity contribution in [2.45, 2.75) is 20.4 Å². The first-order chi connectivity index (χ1) is 12.1. The zero-order chi connectivity index (χ0) is 17.8. The Bertz CT molecular complexity index is 755. The van der Waals surface area contributed by atoms with Crippen molar-refractivity contribution in [3.63, 3.8) is 0 Å². The van der Waals surface area contributed by atoms with E-state index >= 15 is 0 Å². The molecule has 25 heavy (non-hydrogen) atoms. The van der Waals surface area contributed by atoms with Crippen molar-refractivity contribution in [3.8, 4) is 6.01 Å². The van der Waals surface area contributed by atoms with E-state index in [-0.39, 0.29) is 18.5 Å². The minimum atomic E-state index is -0.235. The summed E-state index contributed by atoms with van der Waals surface area (Å²) >= 11 is 0. The Balaban J connectivity index is 1.73. The summed E-state index contributed by atoms with van der Waals surface area (Å²) in [5, 5.41) is 2.80. The molecular formula is C16H21N5O4. The number of anilines is 1. The number of nitrogens with zero attached hydrogens (tertiary/aromatic N) is 4. The second-order valence-electron chi connectivity index (χ2n) is 5.65. The molecule has 0 aliphatic carbocycles. The van der Waals surface area contributed by atoms with Crippen molar-refractivity contribution in [1.82, 2.24) is 20.3 Å². The number of aromatic nitrogens is 3. The molecule has 2 aromatic heterocycles. The molecule has 1 aliphatic heterocycles. The summed E-state index contributed by atoms with van der Waals surface area (Å²) in [7, 11) is 1.50. The molecule has 0 spiro atoms. The van der Waals surface area contributed by atoms with Gasteiger partial charge in [0.15, 0.2) is 5.82 Å². The zero-order valence-electron chi connectivity index (χ0n) is 14.5. The maximum absolute atomic E-state index is 12.3. The van der Waals surface area contributed by atoms with Gasteiger partial charge in [-0.1, -0.05) is 0 Å². The molecule has 0 atom stereocenters. The molecule has 1 aliphatic rings. The summed E-state index contributed by atoms with van der Waals surface area (Å²) in [4.78, 5) is 27.2. The second-order valence-corrected chi connectivity index (χ2v) is 5.65. The number of rotatable bonds is 5. The standard InChI is InChI=1S/C16H21N5O4/c1-10-8-12(11(2)25-10)14(22)17-9-13-18-15(20-16(19-13)23-3)21-4-6-24-7-5-21/h8H,4-7,9H2,1-3H3,(H,17,22). The van der Waals surface area contributed by atoms with E-state index in [1.807, 2.05) is 4.90 Å². The molecule has 2 aromatic rings.